The van der Waals surface area contributed by atoms with E-state index in [1.54, 1.807) is 0 Å². The largest absolute Gasteiger partial charge is 0.483 e. The molecule has 0 atom stereocenters. The number of aliphatic hydroxyl groups excluding tert-OH is 1. The van der Waals surface area contributed by atoms with Crippen molar-refractivity contribution in [3.05, 3.63) is 35.6 Å². The minimum atomic E-state index is -0.250. The Morgan fingerprint density at radius 2 is 1.75 bits per heavy atom. The van der Waals surface area contributed by atoms with Crippen molar-refractivity contribution < 1.29 is 15.0 Å². The molecule has 0 saturated carbocycles. The lowest BCUT2D eigenvalue weighted by Gasteiger charge is -2.40. The van der Waals surface area contributed by atoms with Crippen LogP contribution in [0.4, 0.5) is 0 Å². The maximum atomic E-state index is 8.36. The van der Waals surface area contributed by atoms with Gasteiger partial charge in [-0.05, 0) is 62.5 Å². The van der Waals surface area contributed by atoms with E-state index in [1.807, 2.05) is 0 Å². The summed E-state index contributed by atoms with van der Waals surface area (Å²) in [6, 6.07) is 0. The van der Waals surface area contributed by atoms with Crippen LogP contribution >= 0.6 is 0 Å². The minimum absolute atomic E-state index is 0.250. The van der Waals surface area contributed by atoms with Gasteiger partial charge in [0.2, 0.25) is 0 Å². The maximum absolute atomic E-state index is 8.36. The molecule has 1 saturated heterocycles. The molecule has 2 N–H and O–H groups in total. The molecule has 0 aliphatic carbocycles. The number of rotatable bonds is 7. The van der Waals surface area contributed by atoms with Crippen molar-refractivity contribution in [2.24, 2.45) is 11.3 Å². The normalized spacial score (nSPS) is 16.5. The lowest BCUT2D eigenvalue weighted by molar-refractivity contribution is -0.122. The fraction of sp³-hybridized carbons (Fsp3) is 0.708. The molecule has 4 nitrogen and oxygen atoms in total. The van der Waals surface area contributed by atoms with E-state index in [4.69, 9.17) is 15.0 Å². The molecule has 4 heteroatoms. The number of nitrogens with zero attached hydrogens (tertiary/aromatic N) is 1. The van der Waals surface area contributed by atoms with Crippen LogP contribution in [0.15, 0.2) is 35.6 Å². The number of carboxylic acid groups (broad SMARTS) is 1. The van der Waals surface area contributed by atoms with E-state index in [-0.39, 0.29) is 6.47 Å². The molecule has 1 heterocycles. The summed E-state index contributed by atoms with van der Waals surface area (Å²) in [7, 11) is 0. The molecule has 0 spiro atoms. The van der Waals surface area contributed by atoms with Crippen LogP contribution in [0.5, 0.6) is 0 Å². The molecule has 1 fully saturated rings. The molecule has 1 rings (SSSR count). The van der Waals surface area contributed by atoms with Gasteiger partial charge in [0, 0.05) is 25.4 Å². The average molecular weight is 396 g/mol. The number of hydrogen-bond acceptors (Lipinski definition) is 3. The summed E-state index contributed by atoms with van der Waals surface area (Å²) in [4.78, 5) is 10.9. The summed E-state index contributed by atoms with van der Waals surface area (Å²) in [6.07, 6.45) is 10.2. The minimum Gasteiger partial charge on any atom is -0.483 e. The van der Waals surface area contributed by atoms with Crippen LogP contribution in [-0.4, -0.2) is 41.3 Å². The summed E-state index contributed by atoms with van der Waals surface area (Å²) >= 11 is 0. The van der Waals surface area contributed by atoms with Gasteiger partial charge in [0.1, 0.15) is 0 Å². The van der Waals surface area contributed by atoms with Gasteiger partial charge in [-0.25, -0.2) is 0 Å². The van der Waals surface area contributed by atoms with Gasteiger partial charge in [-0.3, -0.25) is 4.79 Å². The fourth-order valence-corrected chi connectivity index (χ4v) is 2.97. The molecule has 0 radical (unpaired) electrons. The van der Waals surface area contributed by atoms with Crippen LogP contribution in [0.3, 0.4) is 0 Å². The number of hydrogen-bond donors (Lipinski definition) is 2. The number of unbranched alkanes of at least 4 members (excludes halogenated alkanes) is 1. The molecule has 0 amide bonds. The van der Waals surface area contributed by atoms with Crippen LogP contribution in [0.1, 0.15) is 80.6 Å². The topological polar surface area (TPSA) is 60.8 Å². The van der Waals surface area contributed by atoms with Gasteiger partial charge in [-0.15, -0.1) is 0 Å². The molecule has 0 aromatic carbocycles. The fourth-order valence-electron chi connectivity index (χ4n) is 2.97. The van der Waals surface area contributed by atoms with Gasteiger partial charge in [0.25, 0.3) is 6.47 Å². The Labute approximate surface area is 174 Å². The van der Waals surface area contributed by atoms with Gasteiger partial charge in [0.15, 0.2) is 0 Å². The zero-order chi connectivity index (χ0) is 22.2. The number of piperidine rings is 1. The molecular weight excluding hydrogens is 350 g/mol. The predicted octanol–water partition coefficient (Wildman–Crippen LogP) is 6.04. The van der Waals surface area contributed by atoms with Crippen LogP contribution in [-0.2, 0) is 4.79 Å². The highest BCUT2D eigenvalue weighted by Gasteiger charge is 2.26. The summed E-state index contributed by atoms with van der Waals surface area (Å²) in [5.41, 5.74) is 4.57. The van der Waals surface area contributed by atoms with E-state index in [2.05, 4.69) is 72.1 Å². The molecule has 28 heavy (non-hydrogen) atoms. The SMILES string of the molecule is C=C(C)/C(CC(C)C)=C(\C=C/C)N1CCC(C)(C)CC1.CCCCO.O=CO. The van der Waals surface area contributed by atoms with Crippen LogP contribution in [0.25, 0.3) is 0 Å². The van der Waals surface area contributed by atoms with Gasteiger partial charge in [-0.1, -0.05) is 59.3 Å². The molecule has 164 valence electrons. The Hall–Kier alpha value is -1.55. The van der Waals surface area contributed by atoms with Crippen molar-refractivity contribution in [3.63, 3.8) is 0 Å². The van der Waals surface area contributed by atoms with E-state index in [1.165, 1.54) is 42.8 Å². The Morgan fingerprint density at radius 3 is 2.04 bits per heavy atom. The highest BCUT2D eigenvalue weighted by atomic mass is 16.3. The third-order valence-corrected chi connectivity index (χ3v) is 4.73. The second kappa shape index (κ2) is 16.4. The third-order valence-electron chi connectivity index (χ3n) is 4.73. The van der Waals surface area contributed by atoms with E-state index < -0.39 is 0 Å². The number of carbonyl (C=O) groups is 1. The third kappa shape index (κ3) is 13.6. The van der Waals surface area contributed by atoms with Crippen LogP contribution in [0.2, 0.25) is 0 Å². The van der Waals surface area contributed by atoms with E-state index in [0.717, 1.165) is 19.3 Å². The van der Waals surface area contributed by atoms with E-state index >= 15 is 0 Å². The van der Waals surface area contributed by atoms with Crippen molar-refractivity contribution in [1.29, 1.82) is 0 Å². The second-order valence-electron chi connectivity index (χ2n) is 8.58. The molecule has 0 unspecified atom stereocenters. The smallest absolute Gasteiger partial charge is 0.290 e. The first-order chi connectivity index (χ1) is 13.1. The first-order valence-electron chi connectivity index (χ1n) is 10.5. The van der Waals surface area contributed by atoms with Crippen molar-refractivity contribution in [2.45, 2.75) is 80.6 Å². The van der Waals surface area contributed by atoms with Gasteiger partial charge >= 0.3 is 0 Å². The number of allylic oxidation sites excluding steroid dienone is 4. The van der Waals surface area contributed by atoms with Gasteiger partial charge in [-0.2, -0.15) is 0 Å². The molecule has 0 aromatic rings. The lowest BCUT2D eigenvalue weighted by Crippen LogP contribution is -2.37. The van der Waals surface area contributed by atoms with E-state index in [0.29, 0.717) is 17.9 Å². The summed E-state index contributed by atoms with van der Waals surface area (Å²) < 4.78 is 0. The highest BCUT2D eigenvalue weighted by molar-refractivity contribution is 5.37. The molecule has 1 aliphatic heterocycles. The zero-order valence-corrected chi connectivity index (χ0v) is 19.4. The second-order valence-corrected chi connectivity index (χ2v) is 8.58. The predicted molar refractivity (Wildman–Crippen MR) is 121 cm³/mol. The van der Waals surface area contributed by atoms with Crippen molar-refractivity contribution in [3.8, 4) is 0 Å². The Morgan fingerprint density at radius 1 is 1.25 bits per heavy atom. The zero-order valence-electron chi connectivity index (χ0n) is 19.4. The number of aliphatic hydroxyl groups is 1. The first-order valence-corrected chi connectivity index (χ1v) is 10.5. The molecule has 0 bridgehead atoms. The Balaban J connectivity index is 0. The Kier molecular flexibility index (Phi) is 16.8. The van der Waals surface area contributed by atoms with Gasteiger partial charge < -0.3 is 15.1 Å². The van der Waals surface area contributed by atoms with Crippen molar-refractivity contribution in [1.82, 2.24) is 4.90 Å². The summed E-state index contributed by atoms with van der Waals surface area (Å²) in [5.74, 6) is 0.670. The number of likely N-dealkylation sites (tertiary alicyclic amines) is 1. The van der Waals surface area contributed by atoms with Crippen molar-refractivity contribution >= 4 is 6.47 Å². The Bertz CT molecular complexity index is 478. The van der Waals surface area contributed by atoms with Crippen LogP contribution < -0.4 is 0 Å². The standard InChI is InChI=1S/C19H33N.C4H10O.CH2O2/c1-8-9-18(17(16(4)5)14-15(2)3)20-12-10-19(6,7)11-13-20;1-2-3-4-5;2-1-3/h8-9,15H,4,10-14H2,1-3,5-7H3;5H,2-4H2,1H3;1H,(H,2,3)/b9-8-,18-17+;;. The molecule has 1 aliphatic rings. The quantitative estimate of drug-likeness (QED) is 0.407. The molecule has 0 aromatic heterocycles. The van der Waals surface area contributed by atoms with Gasteiger partial charge in [0.05, 0.1) is 0 Å². The highest BCUT2D eigenvalue weighted by Crippen LogP contribution is 2.34. The maximum Gasteiger partial charge on any atom is 0.290 e. The summed E-state index contributed by atoms with van der Waals surface area (Å²) in [6.45, 7) is 22.3. The average Bonchev–Trinajstić information content (AvgIpc) is 2.60. The first kappa shape index (κ1) is 28.7. The monoisotopic (exact) mass is 395 g/mol. The van der Waals surface area contributed by atoms with Crippen LogP contribution in [0, 0.1) is 11.3 Å². The van der Waals surface area contributed by atoms with E-state index in [9.17, 15) is 0 Å². The lowest BCUT2D eigenvalue weighted by atomic mass is 9.82. The molecular formula is C24H45NO3. The summed E-state index contributed by atoms with van der Waals surface area (Å²) in [5, 5.41) is 15.0. The van der Waals surface area contributed by atoms with Crippen molar-refractivity contribution in [2.75, 3.05) is 19.7 Å².